The lowest BCUT2D eigenvalue weighted by atomic mass is 10.4. The maximum atomic E-state index is 12.7. The van der Waals surface area contributed by atoms with Gasteiger partial charge in [-0.2, -0.15) is 4.31 Å². The molecule has 0 unspecified atom stereocenters. The fourth-order valence-electron chi connectivity index (χ4n) is 2.63. The lowest BCUT2D eigenvalue weighted by molar-refractivity contribution is 0.190. The quantitative estimate of drug-likeness (QED) is 0.609. The van der Waals surface area contributed by atoms with Crippen LogP contribution in [0.25, 0.3) is 0 Å². The van der Waals surface area contributed by atoms with Crippen LogP contribution in [0, 0.1) is 0 Å². The zero-order valence-corrected chi connectivity index (χ0v) is 16.0. The topological polar surface area (TPSA) is 75.2 Å². The third-order valence-corrected chi connectivity index (χ3v) is 6.16. The highest BCUT2D eigenvalue weighted by Gasteiger charge is 2.27. The van der Waals surface area contributed by atoms with Gasteiger partial charge in [-0.1, -0.05) is 0 Å². The molecule has 2 heterocycles. The van der Waals surface area contributed by atoms with Crippen LogP contribution >= 0.6 is 0 Å². The van der Waals surface area contributed by atoms with E-state index in [4.69, 9.17) is 9.47 Å². The molecule has 1 aliphatic rings. The van der Waals surface area contributed by atoms with Gasteiger partial charge in [0.25, 0.3) is 0 Å². The molecule has 0 N–H and O–H groups in total. The average molecular weight is 372 g/mol. The molecule has 0 spiro atoms. The molecule has 142 valence electrons. The zero-order chi connectivity index (χ0) is 18.3. The van der Waals surface area contributed by atoms with Gasteiger partial charge in [0.15, 0.2) is 0 Å². The molecule has 0 saturated carbocycles. The summed E-state index contributed by atoms with van der Waals surface area (Å²) in [7, 11) is 1.80. The molecule has 0 amide bonds. The van der Waals surface area contributed by atoms with Crippen LogP contribution in [0.5, 0.6) is 0 Å². The summed E-state index contributed by atoms with van der Waals surface area (Å²) < 4.78 is 37.2. The van der Waals surface area contributed by atoms with Crippen LogP contribution in [0.15, 0.2) is 23.2 Å². The van der Waals surface area contributed by atoms with E-state index in [1.54, 1.807) is 26.4 Å². The Morgan fingerprint density at radius 3 is 2.16 bits per heavy atom. The molecule has 0 radical (unpaired) electrons. The van der Waals surface area contributed by atoms with E-state index in [1.807, 2.05) is 11.9 Å². The van der Waals surface area contributed by atoms with Crippen molar-refractivity contribution in [2.24, 2.45) is 0 Å². The number of hydrogen-bond donors (Lipinski definition) is 0. The van der Waals surface area contributed by atoms with Crippen molar-refractivity contribution >= 4 is 15.8 Å². The Balaban J connectivity index is 2.11. The monoisotopic (exact) mass is 372 g/mol. The first-order valence-corrected chi connectivity index (χ1v) is 9.80. The molecule has 2 rings (SSSR count). The molecule has 1 fully saturated rings. The molecule has 0 atom stereocenters. The first-order valence-electron chi connectivity index (χ1n) is 8.36. The maximum Gasteiger partial charge on any atom is 0.244 e. The second kappa shape index (κ2) is 9.44. The maximum absolute atomic E-state index is 12.7. The molecule has 0 bridgehead atoms. The van der Waals surface area contributed by atoms with Crippen LogP contribution in [0.1, 0.15) is 0 Å². The number of anilines is 1. The van der Waals surface area contributed by atoms with Crippen molar-refractivity contribution < 1.29 is 17.9 Å². The van der Waals surface area contributed by atoms with Gasteiger partial charge in [-0.15, -0.1) is 0 Å². The summed E-state index contributed by atoms with van der Waals surface area (Å²) in [5.74, 6) is 0.714. The predicted molar refractivity (Wildman–Crippen MR) is 96.5 cm³/mol. The molecule has 0 aromatic carbocycles. The van der Waals surface area contributed by atoms with Crippen LogP contribution in [-0.4, -0.2) is 96.4 Å². The minimum Gasteiger partial charge on any atom is -0.383 e. The molecule has 1 saturated heterocycles. The number of methoxy groups -OCH3 is 2. The number of likely N-dealkylation sites (N-methyl/N-ethyl adjacent to an activating group) is 1. The Hall–Kier alpha value is -1.26. The highest BCUT2D eigenvalue weighted by atomic mass is 32.2. The molecule has 1 aromatic rings. The molecule has 25 heavy (non-hydrogen) atoms. The van der Waals surface area contributed by atoms with Crippen LogP contribution in [-0.2, 0) is 19.5 Å². The number of aromatic nitrogens is 1. The summed E-state index contributed by atoms with van der Waals surface area (Å²) in [6, 6.07) is 3.37. The molecular formula is C16H28N4O4S. The van der Waals surface area contributed by atoms with Gasteiger partial charge in [0.1, 0.15) is 10.7 Å². The largest absolute Gasteiger partial charge is 0.383 e. The van der Waals surface area contributed by atoms with Gasteiger partial charge in [0.05, 0.1) is 13.2 Å². The molecular weight excluding hydrogens is 344 g/mol. The van der Waals surface area contributed by atoms with E-state index in [0.29, 0.717) is 45.2 Å². The first kappa shape index (κ1) is 20.1. The van der Waals surface area contributed by atoms with E-state index in [1.165, 1.54) is 10.5 Å². The molecule has 1 aliphatic heterocycles. The van der Waals surface area contributed by atoms with Crippen molar-refractivity contribution in [2.75, 3.05) is 78.6 Å². The summed E-state index contributed by atoms with van der Waals surface area (Å²) in [6.07, 6.45) is 1.44. The highest BCUT2D eigenvalue weighted by molar-refractivity contribution is 7.89. The third-order valence-electron chi connectivity index (χ3n) is 4.28. The number of nitrogens with zero attached hydrogens (tertiary/aromatic N) is 4. The van der Waals surface area contributed by atoms with E-state index in [9.17, 15) is 8.42 Å². The first-order chi connectivity index (χ1) is 12.0. The third kappa shape index (κ3) is 5.35. The number of ether oxygens (including phenoxy) is 2. The zero-order valence-electron chi connectivity index (χ0n) is 15.2. The molecule has 8 nitrogen and oxygen atoms in total. The van der Waals surface area contributed by atoms with Crippen molar-refractivity contribution in [2.45, 2.75) is 4.90 Å². The normalized spacial score (nSPS) is 16.9. The number of sulfonamides is 1. The molecule has 1 aromatic heterocycles. The number of hydrogen-bond acceptors (Lipinski definition) is 7. The number of pyridine rings is 1. The van der Waals surface area contributed by atoms with Gasteiger partial charge in [-0.25, -0.2) is 13.4 Å². The second-order valence-electron chi connectivity index (χ2n) is 6.03. The predicted octanol–water partition coefficient (Wildman–Crippen LogP) is 0.117. The van der Waals surface area contributed by atoms with Gasteiger partial charge in [0, 0.05) is 59.7 Å². The molecule has 0 aliphatic carbocycles. The van der Waals surface area contributed by atoms with Crippen LogP contribution in [0.4, 0.5) is 5.82 Å². The van der Waals surface area contributed by atoms with Gasteiger partial charge in [-0.05, 0) is 19.2 Å². The lowest BCUT2D eigenvalue weighted by Gasteiger charge is -2.31. The standard InChI is InChI=1S/C16H28N4O4S/c1-18-6-8-20(9-7-18)25(21,22)15-4-5-16(17-14-15)19(10-12-23-2)11-13-24-3/h4-5,14H,6-13H2,1-3H3. The number of piperazine rings is 1. The lowest BCUT2D eigenvalue weighted by Crippen LogP contribution is -2.47. The summed E-state index contributed by atoms with van der Waals surface area (Å²) in [5.41, 5.74) is 0. The molecule has 9 heteroatoms. The Morgan fingerprint density at radius 2 is 1.68 bits per heavy atom. The van der Waals surface area contributed by atoms with Gasteiger partial charge >= 0.3 is 0 Å². The second-order valence-corrected chi connectivity index (χ2v) is 7.97. The van der Waals surface area contributed by atoms with Crippen molar-refractivity contribution in [1.82, 2.24) is 14.2 Å². The van der Waals surface area contributed by atoms with Crippen molar-refractivity contribution in [3.8, 4) is 0 Å². The van der Waals surface area contributed by atoms with Gasteiger partial charge < -0.3 is 19.3 Å². The summed E-state index contributed by atoms with van der Waals surface area (Å²) in [6.45, 7) is 4.95. The summed E-state index contributed by atoms with van der Waals surface area (Å²) >= 11 is 0. The van der Waals surface area contributed by atoms with Gasteiger partial charge in [-0.3, -0.25) is 0 Å². The fraction of sp³-hybridized carbons (Fsp3) is 0.688. The van der Waals surface area contributed by atoms with Crippen molar-refractivity contribution in [1.29, 1.82) is 0 Å². The summed E-state index contributed by atoms with van der Waals surface area (Å²) in [5, 5.41) is 0. The van der Waals surface area contributed by atoms with Crippen LogP contribution in [0.2, 0.25) is 0 Å². The number of rotatable bonds is 9. The van der Waals surface area contributed by atoms with Crippen molar-refractivity contribution in [3.63, 3.8) is 0 Å². The fourth-order valence-corrected chi connectivity index (χ4v) is 4.00. The van der Waals surface area contributed by atoms with E-state index in [-0.39, 0.29) is 4.90 Å². The Morgan fingerprint density at radius 1 is 1.08 bits per heavy atom. The van der Waals surface area contributed by atoms with Gasteiger partial charge in [0.2, 0.25) is 10.0 Å². The smallest absolute Gasteiger partial charge is 0.244 e. The van der Waals surface area contributed by atoms with Crippen LogP contribution in [0.3, 0.4) is 0 Å². The van der Waals surface area contributed by atoms with E-state index < -0.39 is 10.0 Å². The SMILES string of the molecule is COCCN(CCOC)c1ccc(S(=O)(=O)N2CCN(C)CC2)cn1. The van der Waals surface area contributed by atoms with E-state index in [0.717, 1.165) is 13.1 Å². The average Bonchev–Trinajstić information content (AvgIpc) is 2.62. The van der Waals surface area contributed by atoms with Crippen molar-refractivity contribution in [3.05, 3.63) is 18.3 Å². The Labute approximate surface area is 150 Å². The minimum absolute atomic E-state index is 0.235. The Kier molecular flexibility index (Phi) is 7.57. The van der Waals surface area contributed by atoms with E-state index >= 15 is 0 Å². The summed E-state index contributed by atoms with van der Waals surface area (Å²) in [4.78, 5) is 8.73. The highest BCUT2D eigenvalue weighted by Crippen LogP contribution is 2.19. The Bertz CT molecular complexity index is 608. The van der Waals surface area contributed by atoms with E-state index in [2.05, 4.69) is 9.88 Å². The minimum atomic E-state index is -3.49. The van der Waals surface area contributed by atoms with Crippen LogP contribution < -0.4 is 4.90 Å².